The molecule has 0 radical (unpaired) electrons. The van der Waals surface area contributed by atoms with Crippen molar-refractivity contribution in [3.8, 4) is 0 Å². The highest BCUT2D eigenvalue weighted by Crippen LogP contribution is 2.15. The van der Waals surface area contributed by atoms with Gasteiger partial charge in [-0.2, -0.15) is 8.42 Å². The van der Waals surface area contributed by atoms with Crippen molar-refractivity contribution in [2.75, 3.05) is 17.4 Å². The number of benzene rings is 1. The molecule has 0 spiro atoms. The minimum absolute atomic E-state index is 0.0584. The van der Waals surface area contributed by atoms with Crippen LogP contribution < -0.4 is 10.0 Å². The summed E-state index contributed by atoms with van der Waals surface area (Å²) in [6.45, 7) is 0.206. The number of hydrogen-bond donors (Lipinski definition) is 2. The first-order valence-electron chi connectivity index (χ1n) is 4.06. The van der Waals surface area contributed by atoms with Gasteiger partial charge in [-0.15, -0.1) is 0 Å². The molecule has 1 aromatic rings. The molecule has 0 amide bonds. The van der Waals surface area contributed by atoms with Crippen molar-refractivity contribution in [3.63, 3.8) is 0 Å². The summed E-state index contributed by atoms with van der Waals surface area (Å²) in [6.07, 6.45) is 0. The lowest BCUT2D eigenvalue weighted by molar-refractivity contribution is 0.478. The number of para-hydroxylation sites is 1. The molecule has 0 unspecified atom stereocenters. The zero-order chi connectivity index (χ0) is 10.6. The highest BCUT2D eigenvalue weighted by atomic mass is 32.2. The van der Waals surface area contributed by atoms with Gasteiger partial charge in [0.05, 0.1) is 5.69 Å². The van der Waals surface area contributed by atoms with Gasteiger partial charge in [0, 0.05) is 13.1 Å². The molecule has 0 aliphatic carbocycles. The molecule has 78 valence electrons. The Labute approximate surface area is 83.0 Å². The fourth-order valence-corrected chi connectivity index (χ4v) is 1.81. The molecule has 0 fully saturated rings. The average Bonchev–Trinajstić information content (AvgIpc) is 2.14. The van der Waals surface area contributed by atoms with E-state index in [0.717, 1.165) is 4.31 Å². The van der Waals surface area contributed by atoms with Crippen molar-refractivity contribution >= 4 is 16.0 Å². The number of nitrogens with zero attached hydrogens (tertiary/aromatic N) is 1. The smallest absolute Gasteiger partial charge is 0.329 e. The van der Waals surface area contributed by atoms with E-state index in [9.17, 15) is 8.42 Å². The summed E-state index contributed by atoms with van der Waals surface area (Å²) in [5.74, 6) is 0. The molecule has 0 aliphatic rings. The maximum absolute atomic E-state index is 10.9. The van der Waals surface area contributed by atoms with Crippen molar-refractivity contribution in [1.82, 2.24) is 0 Å². The molecule has 0 saturated heterocycles. The zero-order valence-corrected chi connectivity index (χ0v) is 8.31. The van der Waals surface area contributed by atoms with Crippen LogP contribution >= 0.6 is 0 Å². The molecule has 0 atom stereocenters. The Morgan fingerprint density at radius 1 is 1.29 bits per heavy atom. The monoisotopic (exact) mass is 216 g/mol. The van der Waals surface area contributed by atoms with E-state index in [0.29, 0.717) is 5.69 Å². The lowest BCUT2D eigenvalue weighted by atomic mass is 10.3. The quantitative estimate of drug-likeness (QED) is 0.707. The Morgan fingerprint density at radius 2 is 1.86 bits per heavy atom. The predicted octanol–water partition coefficient (Wildman–Crippen LogP) is 0.254. The molecule has 5 nitrogen and oxygen atoms in total. The highest BCUT2D eigenvalue weighted by Gasteiger charge is 2.17. The third kappa shape index (κ3) is 2.69. The third-order valence-electron chi connectivity index (χ3n) is 1.65. The van der Waals surface area contributed by atoms with Gasteiger partial charge in [0.2, 0.25) is 0 Å². The van der Waals surface area contributed by atoms with Crippen LogP contribution in [0.1, 0.15) is 0 Å². The number of anilines is 1. The molecular weight excluding hydrogens is 204 g/mol. The van der Waals surface area contributed by atoms with Crippen LogP contribution in [0.25, 0.3) is 0 Å². The van der Waals surface area contributed by atoms with Gasteiger partial charge >= 0.3 is 10.3 Å². The van der Waals surface area contributed by atoms with E-state index >= 15 is 0 Å². The minimum Gasteiger partial charge on any atom is -0.329 e. The number of nitrogens with two attached hydrogens (primary N) is 1. The fourth-order valence-electron chi connectivity index (χ4n) is 1.09. The Kier molecular flexibility index (Phi) is 3.45. The van der Waals surface area contributed by atoms with E-state index < -0.39 is 10.3 Å². The normalized spacial score (nSPS) is 11.3. The second-order valence-corrected chi connectivity index (χ2v) is 4.01. The van der Waals surface area contributed by atoms with Gasteiger partial charge in [-0.25, -0.2) is 4.31 Å². The molecule has 6 heteroatoms. The summed E-state index contributed by atoms with van der Waals surface area (Å²) in [7, 11) is -4.23. The van der Waals surface area contributed by atoms with Crippen molar-refractivity contribution in [2.24, 2.45) is 5.73 Å². The molecule has 3 N–H and O–H groups in total. The third-order valence-corrected chi connectivity index (χ3v) is 2.61. The van der Waals surface area contributed by atoms with Gasteiger partial charge in [-0.1, -0.05) is 18.2 Å². The molecule has 14 heavy (non-hydrogen) atoms. The Morgan fingerprint density at radius 3 is 2.29 bits per heavy atom. The van der Waals surface area contributed by atoms with Crippen LogP contribution in [0.3, 0.4) is 0 Å². The second-order valence-electron chi connectivity index (χ2n) is 2.67. The maximum Gasteiger partial charge on any atom is 0.360 e. The molecular formula is C8H12N2O3S. The molecule has 1 rings (SSSR count). The van der Waals surface area contributed by atoms with Gasteiger partial charge in [-0.3, -0.25) is 4.55 Å². The highest BCUT2D eigenvalue weighted by molar-refractivity contribution is 7.87. The summed E-state index contributed by atoms with van der Waals surface area (Å²) in [5.41, 5.74) is 5.65. The van der Waals surface area contributed by atoms with E-state index in [1.54, 1.807) is 30.3 Å². The van der Waals surface area contributed by atoms with Crippen molar-refractivity contribution in [3.05, 3.63) is 30.3 Å². The Balaban J connectivity index is 3.02. The lowest BCUT2D eigenvalue weighted by Gasteiger charge is -2.19. The van der Waals surface area contributed by atoms with Gasteiger partial charge in [-0.05, 0) is 12.1 Å². The lowest BCUT2D eigenvalue weighted by Crippen LogP contribution is -2.34. The number of rotatable bonds is 4. The Bertz CT molecular complexity index is 377. The molecule has 0 bridgehead atoms. The molecule has 1 aromatic carbocycles. The summed E-state index contributed by atoms with van der Waals surface area (Å²) < 4.78 is 31.7. The van der Waals surface area contributed by atoms with E-state index in [-0.39, 0.29) is 13.1 Å². The second kappa shape index (κ2) is 4.41. The maximum atomic E-state index is 10.9. The predicted molar refractivity (Wildman–Crippen MR) is 54.4 cm³/mol. The largest absolute Gasteiger partial charge is 0.360 e. The van der Waals surface area contributed by atoms with Crippen LogP contribution in [0.5, 0.6) is 0 Å². The summed E-state index contributed by atoms with van der Waals surface area (Å²) in [5, 5.41) is 0. The minimum atomic E-state index is -4.23. The Hall–Kier alpha value is -1.11. The van der Waals surface area contributed by atoms with Crippen LogP contribution in [0.15, 0.2) is 30.3 Å². The van der Waals surface area contributed by atoms with E-state index in [4.69, 9.17) is 10.3 Å². The van der Waals surface area contributed by atoms with Gasteiger partial charge in [0.25, 0.3) is 0 Å². The van der Waals surface area contributed by atoms with E-state index in [1.165, 1.54) is 0 Å². The SMILES string of the molecule is NCCN(c1ccccc1)S(=O)(=O)O. The first-order chi connectivity index (χ1) is 6.55. The number of hydrogen-bond acceptors (Lipinski definition) is 3. The first-order valence-corrected chi connectivity index (χ1v) is 5.45. The molecule has 0 aliphatic heterocycles. The van der Waals surface area contributed by atoms with Gasteiger partial charge < -0.3 is 5.73 Å². The average molecular weight is 216 g/mol. The standard InChI is InChI=1S/C8H12N2O3S/c9-6-7-10(14(11,12)13)8-4-2-1-3-5-8/h1-5H,6-7,9H2,(H,11,12,13). The van der Waals surface area contributed by atoms with Gasteiger partial charge in [0.15, 0.2) is 0 Å². The van der Waals surface area contributed by atoms with Crippen LogP contribution in [0, 0.1) is 0 Å². The zero-order valence-electron chi connectivity index (χ0n) is 7.50. The van der Waals surface area contributed by atoms with Crippen LogP contribution in [-0.4, -0.2) is 26.1 Å². The van der Waals surface area contributed by atoms with Gasteiger partial charge in [0.1, 0.15) is 0 Å². The van der Waals surface area contributed by atoms with Crippen molar-refractivity contribution < 1.29 is 13.0 Å². The molecule has 0 heterocycles. The summed E-state index contributed by atoms with van der Waals surface area (Å²) in [4.78, 5) is 0. The van der Waals surface area contributed by atoms with Crippen molar-refractivity contribution in [2.45, 2.75) is 0 Å². The van der Waals surface area contributed by atoms with E-state index in [2.05, 4.69) is 0 Å². The topological polar surface area (TPSA) is 83.6 Å². The van der Waals surface area contributed by atoms with Crippen LogP contribution in [0.4, 0.5) is 5.69 Å². The fraction of sp³-hybridized carbons (Fsp3) is 0.250. The van der Waals surface area contributed by atoms with Crippen LogP contribution in [-0.2, 0) is 10.3 Å². The van der Waals surface area contributed by atoms with Crippen LogP contribution in [0.2, 0.25) is 0 Å². The summed E-state index contributed by atoms with van der Waals surface area (Å²) >= 11 is 0. The molecule has 0 aromatic heterocycles. The van der Waals surface area contributed by atoms with E-state index in [1.807, 2.05) is 0 Å². The van der Waals surface area contributed by atoms with Crippen molar-refractivity contribution in [1.29, 1.82) is 0 Å². The first kappa shape index (κ1) is 11.0. The summed E-state index contributed by atoms with van der Waals surface area (Å²) in [6, 6.07) is 8.30. The molecule has 0 saturated carbocycles.